The molecule has 2 rings (SSSR count). The summed E-state index contributed by atoms with van der Waals surface area (Å²) in [6.45, 7) is 2.74. The average molecular weight is 344 g/mol. The molecule has 0 radical (unpaired) electrons. The fourth-order valence-corrected chi connectivity index (χ4v) is 2.98. The summed E-state index contributed by atoms with van der Waals surface area (Å²) in [7, 11) is 0. The van der Waals surface area contributed by atoms with Crippen molar-refractivity contribution in [3.63, 3.8) is 0 Å². The maximum absolute atomic E-state index is 13.3. The van der Waals surface area contributed by atoms with Gasteiger partial charge in [-0.2, -0.15) is 0 Å². The van der Waals surface area contributed by atoms with Gasteiger partial charge in [-0.1, -0.05) is 6.07 Å². The number of halogens is 2. The highest BCUT2D eigenvalue weighted by molar-refractivity contribution is 9.10. The van der Waals surface area contributed by atoms with Crippen molar-refractivity contribution in [1.29, 1.82) is 0 Å². The van der Waals surface area contributed by atoms with Gasteiger partial charge in [0.05, 0.1) is 11.0 Å². The monoisotopic (exact) mass is 343 g/mol. The Morgan fingerprint density at radius 3 is 2.75 bits per heavy atom. The number of carbonyl (C=O) groups excluding carboxylic acids is 1. The zero-order valence-corrected chi connectivity index (χ0v) is 12.8. The van der Waals surface area contributed by atoms with Crippen LogP contribution in [-0.2, 0) is 11.3 Å². The lowest BCUT2D eigenvalue weighted by molar-refractivity contribution is -0.120. The zero-order valence-electron chi connectivity index (χ0n) is 11.2. The van der Waals surface area contributed by atoms with Crippen molar-refractivity contribution in [2.45, 2.75) is 25.4 Å². The number of nitrogens with two attached hydrogens (primary N) is 1. The molecular formula is C14H19BrFN3O. The summed E-state index contributed by atoms with van der Waals surface area (Å²) in [6.07, 6.45) is 1.99. The summed E-state index contributed by atoms with van der Waals surface area (Å²) in [6, 6.07) is 5.27. The summed E-state index contributed by atoms with van der Waals surface area (Å²) in [5.41, 5.74) is 6.31. The number of nitrogens with one attached hydrogen (secondary N) is 1. The first kappa shape index (κ1) is 15.4. The lowest BCUT2D eigenvalue weighted by atomic mass is 10.0. The quantitative estimate of drug-likeness (QED) is 0.854. The van der Waals surface area contributed by atoms with Crippen molar-refractivity contribution >= 4 is 21.8 Å². The van der Waals surface area contributed by atoms with Crippen LogP contribution in [0.2, 0.25) is 0 Å². The SMILES string of the molecule is NC(=O)CN(Cc1ccc(F)c(Br)c1)C1CCNCC1. The standard InChI is InChI=1S/C14H19BrFN3O/c15-12-7-10(1-2-13(12)16)8-19(9-14(17)20)11-3-5-18-6-4-11/h1-2,7,11,18H,3-6,8-9H2,(H2,17,20). The molecule has 1 saturated heterocycles. The van der Waals surface area contributed by atoms with Crippen molar-refractivity contribution < 1.29 is 9.18 Å². The summed E-state index contributed by atoms with van der Waals surface area (Å²) in [4.78, 5) is 13.3. The number of benzene rings is 1. The molecule has 1 heterocycles. The molecule has 0 atom stereocenters. The Kier molecular flexibility index (Phi) is 5.51. The lowest BCUT2D eigenvalue weighted by Crippen LogP contribution is -2.46. The lowest BCUT2D eigenvalue weighted by Gasteiger charge is -2.33. The van der Waals surface area contributed by atoms with E-state index in [4.69, 9.17) is 5.73 Å². The highest BCUT2D eigenvalue weighted by atomic mass is 79.9. The second-order valence-corrected chi connectivity index (χ2v) is 5.96. The minimum absolute atomic E-state index is 0.236. The molecule has 0 spiro atoms. The fourth-order valence-electron chi connectivity index (χ4n) is 2.56. The van der Waals surface area contributed by atoms with Gasteiger partial charge >= 0.3 is 0 Å². The van der Waals surface area contributed by atoms with Crippen molar-refractivity contribution in [3.05, 3.63) is 34.1 Å². The van der Waals surface area contributed by atoms with E-state index in [0.717, 1.165) is 31.5 Å². The van der Waals surface area contributed by atoms with Crippen LogP contribution in [0.4, 0.5) is 4.39 Å². The summed E-state index contributed by atoms with van der Waals surface area (Å²) >= 11 is 3.19. The molecule has 1 aliphatic rings. The third kappa shape index (κ3) is 4.26. The molecule has 3 N–H and O–H groups in total. The van der Waals surface area contributed by atoms with Gasteiger partial charge in [0.1, 0.15) is 5.82 Å². The maximum atomic E-state index is 13.3. The smallest absolute Gasteiger partial charge is 0.231 e. The van der Waals surface area contributed by atoms with Gasteiger partial charge in [-0.3, -0.25) is 9.69 Å². The first-order valence-corrected chi connectivity index (χ1v) is 7.52. The van der Waals surface area contributed by atoms with E-state index in [1.807, 2.05) is 0 Å². The Hall–Kier alpha value is -0.980. The van der Waals surface area contributed by atoms with Gasteiger partial charge in [-0.05, 0) is 59.6 Å². The van der Waals surface area contributed by atoms with Crippen molar-refractivity contribution in [2.24, 2.45) is 5.73 Å². The molecule has 0 aromatic heterocycles. The highest BCUT2D eigenvalue weighted by Gasteiger charge is 2.22. The van der Waals surface area contributed by atoms with Gasteiger partial charge in [0.15, 0.2) is 0 Å². The van der Waals surface area contributed by atoms with Crippen LogP contribution in [0.1, 0.15) is 18.4 Å². The third-order valence-corrected chi connectivity index (χ3v) is 4.16. The van der Waals surface area contributed by atoms with E-state index in [1.165, 1.54) is 6.07 Å². The topological polar surface area (TPSA) is 58.4 Å². The van der Waals surface area contributed by atoms with E-state index in [9.17, 15) is 9.18 Å². The van der Waals surface area contributed by atoms with Crippen LogP contribution in [-0.4, -0.2) is 36.5 Å². The van der Waals surface area contributed by atoms with E-state index in [0.29, 0.717) is 17.1 Å². The summed E-state index contributed by atoms with van der Waals surface area (Å²) in [5, 5.41) is 3.30. The van der Waals surface area contributed by atoms with Crippen LogP contribution in [0.3, 0.4) is 0 Å². The van der Waals surface area contributed by atoms with Gasteiger partial charge in [0, 0.05) is 12.6 Å². The first-order chi connectivity index (χ1) is 9.56. The molecule has 0 saturated carbocycles. The molecule has 6 heteroatoms. The van der Waals surface area contributed by atoms with Crippen LogP contribution >= 0.6 is 15.9 Å². The predicted molar refractivity (Wildman–Crippen MR) is 79.6 cm³/mol. The zero-order chi connectivity index (χ0) is 14.5. The first-order valence-electron chi connectivity index (χ1n) is 6.73. The van der Waals surface area contributed by atoms with Crippen LogP contribution in [0.15, 0.2) is 22.7 Å². The van der Waals surface area contributed by atoms with Gasteiger partial charge in [0.2, 0.25) is 5.91 Å². The molecule has 1 amide bonds. The minimum Gasteiger partial charge on any atom is -0.369 e. The number of amides is 1. The summed E-state index contributed by atoms with van der Waals surface area (Å²) in [5.74, 6) is -0.609. The molecule has 1 aliphatic heterocycles. The van der Waals surface area contributed by atoms with E-state index >= 15 is 0 Å². The number of hydrogen-bond donors (Lipinski definition) is 2. The Balaban J connectivity index is 2.09. The van der Waals surface area contributed by atoms with Crippen molar-refractivity contribution in [3.8, 4) is 0 Å². The van der Waals surface area contributed by atoms with Gasteiger partial charge in [-0.25, -0.2) is 4.39 Å². The average Bonchev–Trinajstić information content (AvgIpc) is 2.43. The number of carbonyl (C=O) groups is 1. The van der Waals surface area contributed by atoms with Crippen LogP contribution < -0.4 is 11.1 Å². The Bertz CT molecular complexity index is 477. The largest absolute Gasteiger partial charge is 0.369 e. The van der Waals surface area contributed by atoms with Gasteiger partial charge < -0.3 is 11.1 Å². The molecule has 20 heavy (non-hydrogen) atoms. The third-order valence-electron chi connectivity index (χ3n) is 3.55. The molecule has 1 fully saturated rings. The number of nitrogens with zero attached hydrogens (tertiary/aromatic N) is 1. The fraction of sp³-hybridized carbons (Fsp3) is 0.500. The van der Waals surface area contributed by atoms with Crippen LogP contribution in [0.25, 0.3) is 0 Å². The van der Waals surface area contributed by atoms with Crippen molar-refractivity contribution in [2.75, 3.05) is 19.6 Å². The Morgan fingerprint density at radius 2 is 2.15 bits per heavy atom. The van der Waals surface area contributed by atoms with E-state index in [-0.39, 0.29) is 18.3 Å². The molecule has 0 aliphatic carbocycles. The van der Waals surface area contributed by atoms with Gasteiger partial charge in [-0.15, -0.1) is 0 Å². The van der Waals surface area contributed by atoms with Crippen molar-refractivity contribution in [1.82, 2.24) is 10.2 Å². The normalized spacial score (nSPS) is 16.6. The minimum atomic E-state index is -0.329. The predicted octanol–water partition coefficient (Wildman–Crippen LogP) is 1.63. The summed E-state index contributed by atoms with van der Waals surface area (Å²) < 4.78 is 13.7. The number of piperidine rings is 1. The molecule has 0 unspecified atom stereocenters. The molecule has 4 nitrogen and oxygen atoms in total. The Labute approximate surface area is 126 Å². The number of hydrogen-bond acceptors (Lipinski definition) is 3. The molecule has 110 valence electrons. The van der Waals surface area contributed by atoms with E-state index in [2.05, 4.69) is 26.1 Å². The van der Waals surface area contributed by atoms with Crippen LogP contribution in [0.5, 0.6) is 0 Å². The molecule has 1 aromatic carbocycles. The van der Waals surface area contributed by atoms with Crippen LogP contribution in [0, 0.1) is 5.82 Å². The van der Waals surface area contributed by atoms with Gasteiger partial charge in [0.25, 0.3) is 0 Å². The van der Waals surface area contributed by atoms with E-state index in [1.54, 1.807) is 12.1 Å². The second kappa shape index (κ2) is 7.15. The molecular weight excluding hydrogens is 325 g/mol. The second-order valence-electron chi connectivity index (χ2n) is 5.10. The Morgan fingerprint density at radius 1 is 1.45 bits per heavy atom. The highest BCUT2D eigenvalue weighted by Crippen LogP contribution is 2.20. The molecule has 0 bridgehead atoms. The maximum Gasteiger partial charge on any atom is 0.231 e. The number of rotatable bonds is 5. The molecule has 1 aromatic rings. The number of primary amides is 1. The van der Waals surface area contributed by atoms with E-state index < -0.39 is 0 Å².